The second kappa shape index (κ2) is 2.88. The van der Waals surface area contributed by atoms with Gasteiger partial charge in [0, 0.05) is 0 Å². The van der Waals surface area contributed by atoms with Crippen molar-refractivity contribution in [3.63, 3.8) is 0 Å². The maximum Gasteiger partial charge on any atom is 0.0868 e. The molecule has 0 aromatic heterocycles. The van der Waals surface area contributed by atoms with E-state index in [1.54, 1.807) is 0 Å². The highest BCUT2D eigenvalue weighted by molar-refractivity contribution is 9.25. The van der Waals surface area contributed by atoms with E-state index in [-0.39, 0.29) is 0 Å². The van der Waals surface area contributed by atoms with Crippen molar-refractivity contribution in [2.24, 2.45) is 11.8 Å². The Morgan fingerprint density at radius 3 is 1.91 bits per heavy atom. The number of halogens is 2. The lowest BCUT2D eigenvalue weighted by Gasteiger charge is -1.98. The van der Waals surface area contributed by atoms with Gasteiger partial charge in [0.1, 0.15) is 0 Å². The molecule has 0 spiro atoms. The predicted molar refractivity (Wildman–Crippen MR) is 55.2 cm³/mol. The fourth-order valence-electron chi connectivity index (χ4n) is 2.04. The van der Waals surface area contributed by atoms with Crippen LogP contribution in [0.2, 0.25) is 0 Å². The third-order valence-corrected chi connectivity index (χ3v) is 5.17. The Bertz CT molecular complexity index is 166. The zero-order valence-corrected chi connectivity index (χ0v) is 9.57. The summed E-state index contributed by atoms with van der Waals surface area (Å²) in [7, 11) is 0. The molecule has 0 aliphatic heterocycles. The van der Waals surface area contributed by atoms with Crippen LogP contribution >= 0.6 is 31.9 Å². The molecule has 0 saturated heterocycles. The lowest BCUT2D eigenvalue weighted by atomic mass is 10.1. The second-order valence-electron chi connectivity index (χ2n) is 3.51. The normalized spacial score (nSPS) is 40.5. The summed E-state index contributed by atoms with van der Waals surface area (Å²) in [6.45, 7) is 0. The van der Waals surface area contributed by atoms with Crippen LogP contribution in [0, 0.1) is 11.8 Å². The summed E-state index contributed by atoms with van der Waals surface area (Å²) in [5.41, 5.74) is 0. The number of alkyl halides is 2. The van der Waals surface area contributed by atoms with Crippen molar-refractivity contribution in [1.82, 2.24) is 0 Å². The number of rotatable bonds is 0. The van der Waals surface area contributed by atoms with Gasteiger partial charge < -0.3 is 0 Å². The van der Waals surface area contributed by atoms with Gasteiger partial charge in [-0.3, -0.25) is 0 Å². The quantitative estimate of drug-likeness (QED) is 0.467. The van der Waals surface area contributed by atoms with Gasteiger partial charge >= 0.3 is 0 Å². The van der Waals surface area contributed by atoms with Gasteiger partial charge in [-0.05, 0) is 37.5 Å². The molecule has 1 fully saturated rings. The van der Waals surface area contributed by atoms with E-state index in [1.165, 1.54) is 25.7 Å². The maximum atomic E-state index is 3.74. The first-order valence-electron chi connectivity index (χ1n) is 4.25. The second-order valence-corrected chi connectivity index (χ2v) is 7.20. The molecule has 2 rings (SSSR count). The molecule has 2 atom stereocenters. The summed E-state index contributed by atoms with van der Waals surface area (Å²) >= 11 is 7.48. The Balaban J connectivity index is 2.02. The van der Waals surface area contributed by atoms with Crippen molar-refractivity contribution in [3.8, 4) is 0 Å². The fraction of sp³-hybridized carbons (Fsp3) is 0.778. The van der Waals surface area contributed by atoms with Gasteiger partial charge in [0.05, 0.1) is 3.23 Å². The Kier molecular flexibility index (Phi) is 2.17. The first-order chi connectivity index (χ1) is 5.23. The van der Waals surface area contributed by atoms with Gasteiger partial charge in [0.2, 0.25) is 0 Å². The zero-order chi connectivity index (χ0) is 7.90. The van der Waals surface area contributed by atoms with Crippen LogP contribution in [-0.4, -0.2) is 3.23 Å². The van der Waals surface area contributed by atoms with Crippen molar-refractivity contribution < 1.29 is 0 Å². The van der Waals surface area contributed by atoms with E-state index in [4.69, 9.17) is 0 Å². The summed E-state index contributed by atoms with van der Waals surface area (Å²) in [6, 6.07) is 0. The molecule has 0 N–H and O–H groups in total. The minimum atomic E-state index is 0.312. The lowest BCUT2D eigenvalue weighted by Crippen LogP contribution is -1.87. The minimum absolute atomic E-state index is 0.312. The van der Waals surface area contributed by atoms with Gasteiger partial charge in [-0.15, -0.1) is 0 Å². The molecule has 0 heterocycles. The Hall–Kier alpha value is 0.700. The Morgan fingerprint density at radius 1 is 1.00 bits per heavy atom. The van der Waals surface area contributed by atoms with Crippen LogP contribution in [-0.2, 0) is 0 Å². The molecule has 2 aliphatic carbocycles. The van der Waals surface area contributed by atoms with Crippen LogP contribution in [0.5, 0.6) is 0 Å². The topological polar surface area (TPSA) is 0 Å². The van der Waals surface area contributed by atoms with Crippen LogP contribution in [0.4, 0.5) is 0 Å². The third kappa shape index (κ3) is 1.44. The molecule has 2 heteroatoms. The summed E-state index contributed by atoms with van der Waals surface area (Å²) < 4.78 is 0.312. The summed E-state index contributed by atoms with van der Waals surface area (Å²) in [4.78, 5) is 0. The van der Waals surface area contributed by atoms with Crippen LogP contribution in [0.15, 0.2) is 12.2 Å². The van der Waals surface area contributed by atoms with Crippen molar-refractivity contribution in [2.75, 3.05) is 0 Å². The van der Waals surface area contributed by atoms with Gasteiger partial charge in [0.15, 0.2) is 0 Å². The Labute approximate surface area is 84.7 Å². The molecular weight excluding hydrogens is 268 g/mol. The number of allylic oxidation sites excluding steroid dienone is 2. The molecule has 0 radical (unpaired) electrons. The molecule has 0 unspecified atom stereocenters. The van der Waals surface area contributed by atoms with E-state index in [1.807, 2.05) is 0 Å². The monoisotopic (exact) mass is 278 g/mol. The first-order valence-corrected chi connectivity index (χ1v) is 5.84. The average molecular weight is 280 g/mol. The molecular formula is C9H12Br2. The standard InChI is InChI=1S/C9H12Br2/c10-9(11)7-5-3-1-2-4-6-8(7)9/h1-2,7-8H,3-6H2/t7-,8-/m1/s1. The lowest BCUT2D eigenvalue weighted by molar-refractivity contribution is 0.605. The average Bonchev–Trinajstić information content (AvgIpc) is 2.29. The number of hydrogen-bond donors (Lipinski definition) is 0. The summed E-state index contributed by atoms with van der Waals surface area (Å²) in [5.74, 6) is 1.76. The van der Waals surface area contributed by atoms with Crippen molar-refractivity contribution in [1.29, 1.82) is 0 Å². The molecule has 0 aromatic carbocycles. The summed E-state index contributed by atoms with van der Waals surface area (Å²) in [6.07, 6.45) is 9.87. The van der Waals surface area contributed by atoms with Crippen LogP contribution in [0.25, 0.3) is 0 Å². The molecule has 11 heavy (non-hydrogen) atoms. The summed E-state index contributed by atoms with van der Waals surface area (Å²) in [5, 5.41) is 0. The minimum Gasteiger partial charge on any atom is -0.0885 e. The predicted octanol–water partition coefficient (Wildman–Crippen LogP) is 3.85. The zero-order valence-electron chi connectivity index (χ0n) is 6.39. The maximum absolute atomic E-state index is 3.74. The van der Waals surface area contributed by atoms with E-state index in [9.17, 15) is 0 Å². The highest BCUT2D eigenvalue weighted by atomic mass is 79.9. The highest BCUT2D eigenvalue weighted by Crippen LogP contribution is 2.65. The molecule has 62 valence electrons. The van der Waals surface area contributed by atoms with E-state index in [0.29, 0.717) is 3.23 Å². The van der Waals surface area contributed by atoms with Crippen LogP contribution in [0.3, 0.4) is 0 Å². The molecule has 2 aliphatic rings. The highest BCUT2D eigenvalue weighted by Gasteiger charge is 2.60. The van der Waals surface area contributed by atoms with E-state index < -0.39 is 0 Å². The van der Waals surface area contributed by atoms with Gasteiger partial charge in [-0.25, -0.2) is 0 Å². The van der Waals surface area contributed by atoms with Crippen molar-refractivity contribution in [3.05, 3.63) is 12.2 Å². The molecule has 0 bridgehead atoms. The molecule has 0 amide bonds. The largest absolute Gasteiger partial charge is 0.0885 e. The van der Waals surface area contributed by atoms with Gasteiger partial charge in [-0.1, -0.05) is 44.0 Å². The van der Waals surface area contributed by atoms with Crippen LogP contribution in [0.1, 0.15) is 25.7 Å². The number of fused-ring (bicyclic) bond motifs is 1. The van der Waals surface area contributed by atoms with Gasteiger partial charge in [0.25, 0.3) is 0 Å². The van der Waals surface area contributed by atoms with Gasteiger partial charge in [-0.2, -0.15) is 0 Å². The smallest absolute Gasteiger partial charge is 0.0868 e. The SMILES string of the molecule is BrC1(Br)[C@@H]2CCC=CCC[C@H]21. The van der Waals surface area contributed by atoms with Crippen molar-refractivity contribution >= 4 is 31.9 Å². The van der Waals surface area contributed by atoms with E-state index in [2.05, 4.69) is 44.0 Å². The molecule has 0 aromatic rings. The van der Waals surface area contributed by atoms with E-state index in [0.717, 1.165) is 11.8 Å². The Morgan fingerprint density at radius 2 is 1.45 bits per heavy atom. The van der Waals surface area contributed by atoms with Crippen LogP contribution < -0.4 is 0 Å². The van der Waals surface area contributed by atoms with E-state index >= 15 is 0 Å². The molecule has 1 saturated carbocycles. The molecule has 0 nitrogen and oxygen atoms in total. The first kappa shape index (κ1) is 8.31. The third-order valence-electron chi connectivity index (χ3n) is 2.82. The number of hydrogen-bond acceptors (Lipinski definition) is 0. The fourth-order valence-corrected chi connectivity index (χ4v) is 3.96. The van der Waals surface area contributed by atoms with Crippen molar-refractivity contribution in [2.45, 2.75) is 28.9 Å².